The highest BCUT2D eigenvalue weighted by Crippen LogP contribution is 2.22. The molecule has 4 heteroatoms. The number of aryl methyl sites for hydroxylation is 1. The van der Waals surface area contributed by atoms with Gasteiger partial charge in [-0.3, -0.25) is 0 Å². The number of fused-ring (bicyclic) bond motifs is 1. The number of likely N-dealkylation sites (N-methyl/N-ethyl adjacent to an activating group) is 1. The zero-order chi connectivity index (χ0) is 13.3. The van der Waals surface area contributed by atoms with Gasteiger partial charge in [0.25, 0.3) is 0 Å². The van der Waals surface area contributed by atoms with Gasteiger partial charge in [-0.2, -0.15) is 0 Å². The second kappa shape index (κ2) is 4.82. The third-order valence-electron chi connectivity index (χ3n) is 3.12. The number of carboxylic acid groups (broad SMARTS) is 1. The van der Waals surface area contributed by atoms with Crippen LogP contribution in [-0.4, -0.2) is 41.2 Å². The van der Waals surface area contributed by atoms with Crippen LogP contribution in [0.2, 0.25) is 0 Å². The molecule has 0 aliphatic heterocycles. The maximum absolute atomic E-state index is 11.0. The van der Waals surface area contributed by atoms with Crippen molar-refractivity contribution < 1.29 is 9.90 Å². The van der Waals surface area contributed by atoms with E-state index < -0.39 is 5.97 Å². The molecule has 0 saturated heterocycles. The first kappa shape index (κ1) is 12.6. The molecule has 4 nitrogen and oxygen atoms in total. The molecule has 18 heavy (non-hydrogen) atoms. The van der Waals surface area contributed by atoms with E-state index >= 15 is 0 Å². The third-order valence-corrected chi connectivity index (χ3v) is 3.12. The lowest BCUT2D eigenvalue weighted by Crippen LogP contribution is -2.18. The summed E-state index contributed by atoms with van der Waals surface area (Å²) in [6.07, 6.45) is 2.08. The third kappa shape index (κ3) is 2.38. The van der Waals surface area contributed by atoms with Crippen LogP contribution in [0.1, 0.15) is 15.9 Å². The van der Waals surface area contributed by atoms with E-state index in [1.54, 1.807) is 12.1 Å². The molecule has 1 N–H and O–H groups in total. The lowest BCUT2D eigenvalue weighted by molar-refractivity contribution is 0.0697. The van der Waals surface area contributed by atoms with Gasteiger partial charge in [-0.15, -0.1) is 0 Å². The first-order chi connectivity index (χ1) is 8.49. The maximum atomic E-state index is 11.0. The average molecular weight is 246 g/mol. The summed E-state index contributed by atoms with van der Waals surface area (Å²) in [6, 6.07) is 5.30. The van der Waals surface area contributed by atoms with Gasteiger partial charge in [0.1, 0.15) is 0 Å². The number of benzene rings is 1. The number of carboxylic acids is 1. The first-order valence-electron chi connectivity index (χ1n) is 5.96. The van der Waals surface area contributed by atoms with E-state index in [1.807, 2.05) is 20.2 Å². The Morgan fingerprint density at radius 1 is 1.39 bits per heavy atom. The van der Waals surface area contributed by atoms with E-state index in [0.29, 0.717) is 5.56 Å². The topological polar surface area (TPSA) is 45.5 Å². The van der Waals surface area contributed by atoms with Crippen molar-refractivity contribution in [3.63, 3.8) is 0 Å². The average Bonchev–Trinajstić information content (AvgIpc) is 2.63. The summed E-state index contributed by atoms with van der Waals surface area (Å²) in [6.45, 7) is 3.84. The van der Waals surface area contributed by atoms with Gasteiger partial charge >= 0.3 is 5.97 Å². The zero-order valence-corrected chi connectivity index (χ0v) is 11.0. The van der Waals surface area contributed by atoms with Crippen molar-refractivity contribution in [2.24, 2.45) is 0 Å². The molecule has 0 atom stereocenters. The SMILES string of the molecule is Cc1cn(CCN(C)C)c2cc(C(=O)O)ccc12. The minimum absolute atomic E-state index is 0.340. The molecule has 1 aromatic carbocycles. The molecule has 2 aromatic rings. The fourth-order valence-corrected chi connectivity index (χ4v) is 2.10. The Morgan fingerprint density at radius 2 is 2.11 bits per heavy atom. The molecule has 2 rings (SSSR count). The summed E-state index contributed by atoms with van der Waals surface area (Å²) in [5, 5.41) is 10.2. The lowest BCUT2D eigenvalue weighted by Gasteiger charge is -2.11. The molecular formula is C14H18N2O2. The van der Waals surface area contributed by atoms with Crippen LogP contribution in [0, 0.1) is 6.92 Å². The van der Waals surface area contributed by atoms with Gasteiger partial charge in [-0.1, -0.05) is 6.07 Å². The maximum Gasteiger partial charge on any atom is 0.335 e. The second-order valence-electron chi connectivity index (χ2n) is 4.85. The summed E-state index contributed by atoms with van der Waals surface area (Å²) in [7, 11) is 4.06. The van der Waals surface area contributed by atoms with Crippen molar-refractivity contribution in [1.82, 2.24) is 9.47 Å². The number of carbonyl (C=O) groups is 1. The minimum atomic E-state index is -0.880. The van der Waals surface area contributed by atoms with E-state index in [0.717, 1.165) is 24.0 Å². The van der Waals surface area contributed by atoms with Crippen molar-refractivity contribution in [3.05, 3.63) is 35.5 Å². The van der Waals surface area contributed by atoms with Crippen LogP contribution in [0.15, 0.2) is 24.4 Å². The summed E-state index contributed by atoms with van der Waals surface area (Å²) in [4.78, 5) is 13.1. The van der Waals surface area contributed by atoms with Crippen molar-refractivity contribution in [2.45, 2.75) is 13.5 Å². The van der Waals surface area contributed by atoms with Gasteiger partial charge < -0.3 is 14.6 Å². The number of aromatic nitrogens is 1. The molecule has 0 spiro atoms. The van der Waals surface area contributed by atoms with Crippen molar-refractivity contribution in [1.29, 1.82) is 0 Å². The van der Waals surface area contributed by atoms with Crippen LogP contribution in [-0.2, 0) is 6.54 Å². The minimum Gasteiger partial charge on any atom is -0.478 e. The predicted octanol–water partition coefficient (Wildman–Crippen LogP) is 2.21. The van der Waals surface area contributed by atoms with Crippen LogP contribution >= 0.6 is 0 Å². The molecule has 0 aliphatic rings. The predicted molar refractivity (Wildman–Crippen MR) is 72.2 cm³/mol. The van der Waals surface area contributed by atoms with E-state index in [-0.39, 0.29) is 0 Å². The molecule has 0 saturated carbocycles. The quantitative estimate of drug-likeness (QED) is 0.899. The molecule has 0 bridgehead atoms. The van der Waals surface area contributed by atoms with E-state index in [4.69, 9.17) is 5.11 Å². The molecule has 0 unspecified atom stereocenters. The Labute approximate surface area is 106 Å². The van der Waals surface area contributed by atoms with Gasteiger partial charge in [0, 0.05) is 30.2 Å². The highest BCUT2D eigenvalue weighted by atomic mass is 16.4. The number of aromatic carboxylic acids is 1. The largest absolute Gasteiger partial charge is 0.478 e. The van der Waals surface area contributed by atoms with Gasteiger partial charge in [-0.05, 0) is 38.7 Å². The molecular weight excluding hydrogens is 228 g/mol. The van der Waals surface area contributed by atoms with E-state index in [9.17, 15) is 4.79 Å². The standard InChI is InChI=1S/C14H18N2O2/c1-10-9-16(7-6-15(2)3)13-8-11(14(17)18)4-5-12(10)13/h4-5,8-9H,6-7H2,1-3H3,(H,17,18). The van der Waals surface area contributed by atoms with Crippen LogP contribution < -0.4 is 0 Å². The highest BCUT2D eigenvalue weighted by molar-refractivity contribution is 5.94. The van der Waals surface area contributed by atoms with Crippen molar-refractivity contribution in [2.75, 3.05) is 20.6 Å². The number of rotatable bonds is 4. The Kier molecular flexibility index (Phi) is 3.39. The van der Waals surface area contributed by atoms with Crippen molar-refractivity contribution >= 4 is 16.9 Å². The summed E-state index contributed by atoms with van der Waals surface area (Å²) < 4.78 is 2.12. The second-order valence-corrected chi connectivity index (χ2v) is 4.85. The Hall–Kier alpha value is -1.81. The van der Waals surface area contributed by atoms with Gasteiger partial charge in [-0.25, -0.2) is 4.79 Å². The normalized spacial score (nSPS) is 11.3. The highest BCUT2D eigenvalue weighted by Gasteiger charge is 2.09. The zero-order valence-electron chi connectivity index (χ0n) is 11.0. The first-order valence-corrected chi connectivity index (χ1v) is 5.96. The van der Waals surface area contributed by atoms with Crippen LogP contribution in [0.5, 0.6) is 0 Å². The molecule has 0 fully saturated rings. The molecule has 1 aromatic heterocycles. The fraction of sp³-hybridized carbons (Fsp3) is 0.357. The summed E-state index contributed by atoms with van der Waals surface area (Å²) >= 11 is 0. The fourth-order valence-electron chi connectivity index (χ4n) is 2.10. The molecule has 0 radical (unpaired) electrons. The summed E-state index contributed by atoms with van der Waals surface area (Å²) in [5.74, 6) is -0.880. The number of hydrogen-bond donors (Lipinski definition) is 1. The Bertz CT molecular complexity index is 585. The Balaban J connectivity index is 2.45. The molecule has 0 aliphatic carbocycles. The molecule has 96 valence electrons. The smallest absolute Gasteiger partial charge is 0.335 e. The molecule has 0 amide bonds. The number of nitrogens with zero attached hydrogens (tertiary/aromatic N) is 2. The monoisotopic (exact) mass is 246 g/mol. The number of hydrogen-bond acceptors (Lipinski definition) is 2. The lowest BCUT2D eigenvalue weighted by atomic mass is 10.1. The Morgan fingerprint density at radius 3 is 2.72 bits per heavy atom. The van der Waals surface area contributed by atoms with E-state index in [1.165, 1.54) is 5.56 Å². The van der Waals surface area contributed by atoms with Crippen molar-refractivity contribution in [3.8, 4) is 0 Å². The van der Waals surface area contributed by atoms with E-state index in [2.05, 4.69) is 22.6 Å². The van der Waals surface area contributed by atoms with Crippen LogP contribution in [0.4, 0.5) is 0 Å². The summed E-state index contributed by atoms with van der Waals surface area (Å²) in [5.41, 5.74) is 2.52. The molecule has 1 heterocycles. The van der Waals surface area contributed by atoms with Crippen LogP contribution in [0.25, 0.3) is 10.9 Å². The van der Waals surface area contributed by atoms with Gasteiger partial charge in [0.05, 0.1) is 5.56 Å². The van der Waals surface area contributed by atoms with Crippen LogP contribution in [0.3, 0.4) is 0 Å². The van der Waals surface area contributed by atoms with Gasteiger partial charge in [0.15, 0.2) is 0 Å². The van der Waals surface area contributed by atoms with Gasteiger partial charge in [0.2, 0.25) is 0 Å².